The summed E-state index contributed by atoms with van der Waals surface area (Å²) >= 11 is 2.21. The smallest absolute Gasteiger partial charge is 0.238 e. The number of nitrogens with zero attached hydrogens (tertiary/aromatic N) is 1. The van der Waals surface area contributed by atoms with Gasteiger partial charge in [0.1, 0.15) is 0 Å². The molecule has 0 bridgehead atoms. The summed E-state index contributed by atoms with van der Waals surface area (Å²) in [5.74, 6) is -0.149. The van der Waals surface area contributed by atoms with Gasteiger partial charge in [-0.25, -0.2) is 0 Å². The van der Waals surface area contributed by atoms with Crippen LogP contribution in [0.2, 0.25) is 18.1 Å². The van der Waals surface area contributed by atoms with E-state index in [0.717, 1.165) is 19.3 Å². The second-order valence-corrected chi connectivity index (χ2v) is 14.5. The molecule has 0 radical (unpaired) electrons. The summed E-state index contributed by atoms with van der Waals surface area (Å²) in [6, 6.07) is 0. The Balaban J connectivity index is 2.51. The average molecular weight is 489 g/mol. The molecule has 0 aromatic heterocycles. The van der Waals surface area contributed by atoms with Gasteiger partial charge in [0.25, 0.3) is 0 Å². The molecule has 1 heterocycles. The van der Waals surface area contributed by atoms with Crippen LogP contribution in [0, 0.1) is 11.3 Å². The SMILES string of the molecule is CC(=O)N1CCC[C@@]2(C1=O)[C@H](/C=C\I)CC=C[C@@H]2O[Si](C)(C)C(C)(C)C. The van der Waals surface area contributed by atoms with Gasteiger partial charge in [0.05, 0.1) is 11.5 Å². The molecule has 2 amide bonds. The molecule has 0 saturated carbocycles. The first-order valence-electron chi connectivity index (χ1n) is 9.41. The van der Waals surface area contributed by atoms with E-state index in [0.29, 0.717) is 6.54 Å². The van der Waals surface area contributed by atoms with Gasteiger partial charge in [-0.2, -0.15) is 0 Å². The van der Waals surface area contributed by atoms with E-state index < -0.39 is 13.7 Å². The molecule has 0 N–H and O–H groups in total. The predicted molar refractivity (Wildman–Crippen MR) is 117 cm³/mol. The molecule has 1 aliphatic heterocycles. The summed E-state index contributed by atoms with van der Waals surface area (Å²) in [6.07, 6.45) is 8.49. The van der Waals surface area contributed by atoms with Gasteiger partial charge in [-0.05, 0) is 47.4 Å². The number of hydrogen-bond donors (Lipinski definition) is 0. The molecule has 0 unspecified atom stereocenters. The van der Waals surface area contributed by atoms with E-state index in [4.69, 9.17) is 4.43 Å². The number of carbonyl (C=O) groups excluding carboxylic acids is 2. The second kappa shape index (κ2) is 7.87. The van der Waals surface area contributed by atoms with Gasteiger partial charge in [0.2, 0.25) is 11.8 Å². The molecule has 1 aliphatic carbocycles. The van der Waals surface area contributed by atoms with Crippen LogP contribution in [0.25, 0.3) is 0 Å². The van der Waals surface area contributed by atoms with Crippen LogP contribution >= 0.6 is 22.6 Å². The fourth-order valence-electron chi connectivity index (χ4n) is 3.82. The first kappa shape index (κ1) is 21.8. The minimum atomic E-state index is -2.07. The van der Waals surface area contributed by atoms with E-state index in [2.05, 4.69) is 74.7 Å². The monoisotopic (exact) mass is 489 g/mol. The Bertz CT molecular complexity index is 623. The van der Waals surface area contributed by atoms with Crippen molar-refractivity contribution in [3.8, 4) is 0 Å². The van der Waals surface area contributed by atoms with Crippen LogP contribution in [-0.2, 0) is 14.0 Å². The van der Waals surface area contributed by atoms with Gasteiger partial charge in [-0.15, -0.1) is 0 Å². The Labute approximate surface area is 172 Å². The molecular weight excluding hydrogens is 457 g/mol. The van der Waals surface area contributed by atoms with Crippen molar-refractivity contribution in [3.05, 3.63) is 22.3 Å². The highest BCUT2D eigenvalue weighted by atomic mass is 127. The molecule has 1 spiro atoms. The Kier molecular flexibility index (Phi) is 6.61. The second-order valence-electron chi connectivity index (χ2n) is 9.01. The maximum atomic E-state index is 13.5. The molecule has 1 saturated heterocycles. The summed E-state index contributed by atoms with van der Waals surface area (Å²) in [7, 11) is -2.07. The lowest BCUT2D eigenvalue weighted by atomic mass is 9.62. The highest BCUT2D eigenvalue weighted by molar-refractivity contribution is 14.1. The van der Waals surface area contributed by atoms with Crippen LogP contribution in [0.1, 0.15) is 47.0 Å². The van der Waals surface area contributed by atoms with E-state index >= 15 is 0 Å². The third kappa shape index (κ3) is 3.87. The number of hydrogen-bond acceptors (Lipinski definition) is 3. The maximum absolute atomic E-state index is 13.5. The van der Waals surface area contributed by atoms with Crippen molar-refractivity contribution in [2.24, 2.45) is 11.3 Å². The fourth-order valence-corrected chi connectivity index (χ4v) is 5.59. The van der Waals surface area contributed by atoms with E-state index in [9.17, 15) is 9.59 Å². The van der Waals surface area contributed by atoms with Crippen molar-refractivity contribution in [2.75, 3.05) is 6.54 Å². The van der Waals surface area contributed by atoms with Gasteiger partial charge >= 0.3 is 0 Å². The van der Waals surface area contributed by atoms with Crippen LogP contribution in [0.5, 0.6) is 0 Å². The number of rotatable bonds is 3. The van der Waals surface area contributed by atoms with Crippen LogP contribution in [0.3, 0.4) is 0 Å². The number of imide groups is 1. The van der Waals surface area contributed by atoms with Gasteiger partial charge in [-0.3, -0.25) is 14.5 Å². The molecule has 0 aromatic carbocycles. The number of amides is 2. The zero-order valence-corrected chi connectivity index (χ0v) is 20.0. The van der Waals surface area contributed by atoms with E-state index in [1.165, 1.54) is 11.8 Å². The maximum Gasteiger partial charge on any atom is 0.238 e. The molecule has 26 heavy (non-hydrogen) atoms. The number of allylic oxidation sites excluding steroid dienone is 2. The van der Waals surface area contributed by atoms with E-state index in [-0.39, 0.29) is 28.9 Å². The lowest BCUT2D eigenvalue weighted by molar-refractivity contribution is -0.162. The zero-order chi connectivity index (χ0) is 19.8. The topological polar surface area (TPSA) is 46.6 Å². The first-order chi connectivity index (χ1) is 12.0. The highest BCUT2D eigenvalue weighted by Crippen LogP contribution is 2.50. The summed E-state index contributed by atoms with van der Waals surface area (Å²) in [5, 5.41) is 0.0616. The van der Waals surface area contributed by atoms with Crippen molar-refractivity contribution in [1.29, 1.82) is 0 Å². The van der Waals surface area contributed by atoms with Crippen LogP contribution in [0.4, 0.5) is 0 Å². The zero-order valence-electron chi connectivity index (χ0n) is 16.8. The first-order valence-corrected chi connectivity index (χ1v) is 13.6. The minimum Gasteiger partial charge on any atom is -0.409 e. The van der Waals surface area contributed by atoms with E-state index in [1.54, 1.807) is 0 Å². The molecule has 1 fully saturated rings. The lowest BCUT2D eigenvalue weighted by Crippen LogP contribution is -2.61. The standard InChI is InChI=1S/C20H32INO3Si/c1-15(23)22-14-8-12-20(18(22)24)16(11-13-21)9-7-10-17(20)25-26(5,6)19(2,3)4/h7,10-11,13,16-17H,8-9,12,14H2,1-6H3/b13-11-/t16-,17-,20+/m0/s1. The number of halogens is 1. The van der Waals surface area contributed by atoms with E-state index in [1.807, 2.05) is 4.08 Å². The van der Waals surface area contributed by atoms with Crippen molar-refractivity contribution in [2.45, 2.75) is 71.2 Å². The summed E-state index contributed by atoms with van der Waals surface area (Å²) in [5.41, 5.74) is -0.671. The number of piperidine rings is 1. The van der Waals surface area contributed by atoms with Gasteiger partial charge in [0, 0.05) is 13.5 Å². The number of carbonyl (C=O) groups is 2. The quantitative estimate of drug-likeness (QED) is 0.317. The van der Waals surface area contributed by atoms with Gasteiger partial charge < -0.3 is 4.43 Å². The molecule has 4 nitrogen and oxygen atoms in total. The molecule has 2 aliphatic rings. The molecule has 6 heteroatoms. The largest absolute Gasteiger partial charge is 0.409 e. The third-order valence-electron chi connectivity index (χ3n) is 6.40. The van der Waals surface area contributed by atoms with Crippen molar-refractivity contribution in [1.82, 2.24) is 4.90 Å². The molecular formula is C20H32INO3Si. The predicted octanol–water partition coefficient (Wildman–Crippen LogP) is 5.06. The van der Waals surface area contributed by atoms with Crippen LogP contribution in [0.15, 0.2) is 22.3 Å². The Morgan fingerprint density at radius 2 is 2.08 bits per heavy atom. The van der Waals surface area contributed by atoms with Gasteiger partial charge in [0.15, 0.2) is 8.32 Å². The molecule has 0 aromatic rings. The minimum absolute atomic E-state index is 0.0520. The van der Waals surface area contributed by atoms with Crippen molar-refractivity contribution in [3.63, 3.8) is 0 Å². The normalized spacial score (nSPS) is 30.4. The Morgan fingerprint density at radius 1 is 1.42 bits per heavy atom. The van der Waals surface area contributed by atoms with Crippen LogP contribution < -0.4 is 0 Å². The van der Waals surface area contributed by atoms with Gasteiger partial charge in [-0.1, -0.05) is 61.6 Å². The summed E-state index contributed by atoms with van der Waals surface area (Å²) < 4.78 is 8.76. The third-order valence-corrected chi connectivity index (χ3v) is 11.3. The van der Waals surface area contributed by atoms with Crippen molar-refractivity contribution < 1.29 is 14.0 Å². The summed E-state index contributed by atoms with van der Waals surface area (Å²) in [6.45, 7) is 13.1. The van der Waals surface area contributed by atoms with Crippen molar-refractivity contribution >= 4 is 42.7 Å². The Morgan fingerprint density at radius 3 is 2.62 bits per heavy atom. The molecule has 2 rings (SSSR count). The van der Waals surface area contributed by atoms with Crippen LogP contribution in [-0.4, -0.2) is 37.7 Å². The Hall–Kier alpha value is -0.473. The highest BCUT2D eigenvalue weighted by Gasteiger charge is 2.57. The average Bonchev–Trinajstić information content (AvgIpc) is 2.51. The lowest BCUT2D eigenvalue weighted by Gasteiger charge is -2.52. The summed E-state index contributed by atoms with van der Waals surface area (Å²) in [4.78, 5) is 27.1. The molecule has 146 valence electrons. The molecule has 3 atom stereocenters. The fraction of sp³-hybridized carbons (Fsp3) is 0.700. The number of likely N-dealkylation sites (tertiary alicyclic amines) is 1.